The minimum Gasteiger partial charge on any atom is -0.496 e. The van der Waals surface area contributed by atoms with Crippen LogP contribution in [0, 0.1) is 17.3 Å². The number of pyridine rings is 1. The van der Waals surface area contributed by atoms with E-state index in [9.17, 15) is 9.59 Å². The lowest BCUT2D eigenvalue weighted by molar-refractivity contribution is -0.0106. The van der Waals surface area contributed by atoms with Crippen LogP contribution in [0.2, 0.25) is 0 Å². The monoisotopic (exact) mass is 491 g/mol. The van der Waals surface area contributed by atoms with Crippen molar-refractivity contribution in [2.24, 2.45) is 17.3 Å². The molecule has 7 heteroatoms. The van der Waals surface area contributed by atoms with E-state index in [1.54, 1.807) is 17.3 Å². The molecule has 2 bridgehead atoms. The summed E-state index contributed by atoms with van der Waals surface area (Å²) in [5.74, 6) is 2.30. The molecular weight excluding hydrogens is 454 g/mol. The molecule has 36 heavy (non-hydrogen) atoms. The largest absolute Gasteiger partial charge is 0.496 e. The predicted molar refractivity (Wildman–Crippen MR) is 140 cm³/mol. The number of nitrogens with zero attached hydrogens (tertiary/aromatic N) is 2. The van der Waals surface area contributed by atoms with Crippen LogP contribution >= 0.6 is 0 Å². The van der Waals surface area contributed by atoms with Crippen LogP contribution in [0.5, 0.6) is 11.5 Å². The molecule has 1 amide bonds. The molecule has 1 N–H and O–H groups in total. The van der Waals surface area contributed by atoms with E-state index < -0.39 is 0 Å². The molecule has 6 rings (SSSR count). The Morgan fingerprint density at radius 2 is 1.89 bits per heavy atom. The number of benzene rings is 1. The topological polar surface area (TPSA) is 72.8 Å². The molecule has 0 radical (unpaired) electrons. The number of hydrogen-bond donors (Lipinski definition) is 1. The van der Waals surface area contributed by atoms with Gasteiger partial charge in [0.2, 0.25) is 0 Å². The molecule has 1 aromatic carbocycles. The summed E-state index contributed by atoms with van der Waals surface area (Å²) >= 11 is 0. The molecule has 0 unspecified atom stereocenters. The van der Waals surface area contributed by atoms with Crippen LogP contribution in [0.1, 0.15) is 48.3 Å². The number of para-hydroxylation sites is 1. The van der Waals surface area contributed by atoms with Gasteiger partial charge in [0.05, 0.1) is 14.2 Å². The van der Waals surface area contributed by atoms with Gasteiger partial charge in [-0.1, -0.05) is 43.7 Å². The quantitative estimate of drug-likeness (QED) is 0.599. The maximum absolute atomic E-state index is 13.4. The zero-order valence-electron chi connectivity index (χ0n) is 21.8. The Bertz CT molecular complexity index is 1250. The van der Waals surface area contributed by atoms with E-state index in [0.29, 0.717) is 42.2 Å². The van der Waals surface area contributed by atoms with E-state index in [1.807, 2.05) is 24.3 Å². The number of methoxy groups -OCH3 is 2. The van der Waals surface area contributed by atoms with Gasteiger partial charge in [-0.25, -0.2) is 0 Å². The van der Waals surface area contributed by atoms with Gasteiger partial charge in [-0.15, -0.1) is 0 Å². The van der Waals surface area contributed by atoms with Crippen LogP contribution in [0.15, 0.2) is 46.8 Å². The first-order valence-corrected chi connectivity index (χ1v) is 13.0. The second kappa shape index (κ2) is 9.77. The van der Waals surface area contributed by atoms with Crippen molar-refractivity contribution in [3.8, 4) is 11.5 Å². The maximum atomic E-state index is 13.4. The van der Waals surface area contributed by atoms with Gasteiger partial charge in [0.15, 0.2) is 0 Å². The van der Waals surface area contributed by atoms with Crippen LogP contribution in [0.25, 0.3) is 0 Å². The fraction of sp³-hybridized carbons (Fsp3) is 0.517. The molecule has 1 aliphatic heterocycles. The third kappa shape index (κ3) is 4.34. The first-order valence-electron chi connectivity index (χ1n) is 13.0. The van der Waals surface area contributed by atoms with Crippen molar-refractivity contribution in [2.45, 2.75) is 46.2 Å². The Hall–Kier alpha value is -3.06. The molecule has 2 aromatic rings. The molecular formula is C29H37N3O4. The highest BCUT2D eigenvalue weighted by molar-refractivity contribution is 5.98. The summed E-state index contributed by atoms with van der Waals surface area (Å²) in [7, 11) is 3.13. The summed E-state index contributed by atoms with van der Waals surface area (Å²) < 4.78 is 12.7. The Morgan fingerprint density at radius 1 is 1.11 bits per heavy atom. The van der Waals surface area contributed by atoms with Gasteiger partial charge in [0, 0.05) is 56.5 Å². The highest BCUT2D eigenvalue weighted by Gasteiger charge is 2.51. The second-order valence-electron chi connectivity index (χ2n) is 10.9. The minimum atomic E-state index is -0.243. The SMILES string of the molecule is COc1ccccc1CNC(=O)c1c(OC)cc(=O)n2c1CCN(CC1=CC[C@H]3C[C@@H]1C3(C)C)CC2. The molecule has 1 saturated carbocycles. The van der Waals surface area contributed by atoms with Crippen LogP contribution in [0.3, 0.4) is 0 Å². The van der Waals surface area contributed by atoms with Gasteiger partial charge < -0.3 is 19.4 Å². The number of rotatable bonds is 7. The van der Waals surface area contributed by atoms with Gasteiger partial charge >= 0.3 is 0 Å². The van der Waals surface area contributed by atoms with Gasteiger partial charge in [-0.3, -0.25) is 14.5 Å². The third-order valence-electron chi connectivity index (χ3n) is 8.75. The van der Waals surface area contributed by atoms with Gasteiger partial charge in [0.25, 0.3) is 11.5 Å². The summed E-state index contributed by atoms with van der Waals surface area (Å²) in [5, 5.41) is 3.01. The Morgan fingerprint density at radius 3 is 2.61 bits per heavy atom. The standard InChI is InChI=1S/C29H37N3O4/c1-29(2)21-10-9-20(22(29)15-21)18-31-12-11-23-27(25(36-4)16-26(33)32(23)14-13-31)28(34)30-17-19-7-5-6-8-24(19)35-3/h5-9,16,21-22H,10-15,17-18H2,1-4H3,(H,30,34)/t21-,22-/m0/s1. The lowest BCUT2D eigenvalue weighted by Crippen LogP contribution is -2.50. The van der Waals surface area contributed by atoms with Crippen molar-refractivity contribution in [3.63, 3.8) is 0 Å². The van der Waals surface area contributed by atoms with Crippen molar-refractivity contribution < 1.29 is 14.3 Å². The van der Waals surface area contributed by atoms with E-state index in [4.69, 9.17) is 9.47 Å². The molecule has 192 valence electrons. The number of aromatic nitrogens is 1. The predicted octanol–water partition coefficient (Wildman–Crippen LogP) is 3.65. The number of amides is 1. The van der Waals surface area contributed by atoms with E-state index >= 15 is 0 Å². The molecule has 4 aliphatic rings. The van der Waals surface area contributed by atoms with Crippen LogP contribution in [0.4, 0.5) is 0 Å². The number of hydrogen-bond acceptors (Lipinski definition) is 5. The first-order chi connectivity index (χ1) is 17.3. The van der Waals surface area contributed by atoms with Crippen LogP contribution in [-0.4, -0.2) is 49.2 Å². The summed E-state index contributed by atoms with van der Waals surface area (Å²) in [6, 6.07) is 9.06. The summed E-state index contributed by atoms with van der Waals surface area (Å²) in [4.78, 5) is 28.9. The molecule has 7 nitrogen and oxygen atoms in total. The number of ether oxygens (including phenoxy) is 2. The average molecular weight is 492 g/mol. The Labute approximate surface area is 213 Å². The van der Waals surface area contributed by atoms with Gasteiger partial charge in [-0.05, 0) is 36.2 Å². The fourth-order valence-corrected chi connectivity index (χ4v) is 6.38. The van der Waals surface area contributed by atoms with Crippen molar-refractivity contribution in [1.29, 1.82) is 0 Å². The van der Waals surface area contributed by atoms with Crippen LogP contribution in [-0.2, 0) is 19.5 Å². The molecule has 2 atom stereocenters. The number of nitrogens with one attached hydrogen (secondary N) is 1. The molecule has 1 aromatic heterocycles. The lowest BCUT2D eigenvalue weighted by atomic mass is 9.49. The van der Waals surface area contributed by atoms with Crippen molar-refractivity contribution in [1.82, 2.24) is 14.8 Å². The summed E-state index contributed by atoms with van der Waals surface area (Å²) in [6.07, 6.45) is 5.56. The maximum Gasteiger partial charge on any atom is 0.257 e. The summed E-state index contributed by atoms with van der Waals surface area (Å²) in [6.45, 7) is 8.22. The molecule has 1 fully saturated rings. The zero-order chi connectivity index (χ0) is 25.4. The smallest absolute Gasteiger partial charge is 0.257 e. The van der Waals surface area contributed by atoms with E-state index in [0.717, 1.165) is 42.6 Å². The Balaban J connectivity index is 1.35. The first kappa shape index (κ1) is 24.6. The molecule has 0 saturated heterocycles. The van der Waals surface area contributed by atoms with Gasteiger partial charge in [0.1, 0.15) is 17.1 Å². The van der Waals surface area contributed by atoms with Crippen molar-refractivity contribution >= 4 is 5.91 Å². The molecule has 2 heterocycles. The van der Waals surface area contributed by atoms with Gasteiger partial charge in [-0.2, -0.15) is 0 Å². The van der Waals surface area contributed by atoms with Crippen LogP contribution < -0.4 is 20.3 Å². The van der Waals surface area contributed by atoms with E-state index in [2.05, 4.69) is 30.1 Å². The highest BCUT2D eigenvalue weighted by Crippen LogP contribution is 2.59. The third-order valence-corrected chi connectivity index (χ3v) is 8.75. The molecule has 0 spiro atoms. The number of carbonyl (C=O) groups excluding carboxylic acids is 1. The molecule has 3 aliphatic carbocycles. The normalized spacial score (nSPS) is 22.5. The number of fused-ring (bicyclic) bond motifs is 2. The highest BCUT2D eigenvalue weighted by atomic mass is 16.5. The van der Waals surface area contributed by atoms with E-state index in [-0.39, 0.29) is 11.5 Å². The fourth-order valence-electron chi connectivity index (χ4n) is 6.38. The summed E-state index contributed by atoms with van der Waals surface area (Å²) in [5.41, 5.74) is 3.92. The lowest BCUT2D eigenvalue weighted by Gasteiger charge is -2.57. The Kier molecular flexibility index (Phi) is 6.68. The van der Waals surface area contributed by atoms with Crippen molar-refractivity contribution in [2.75, 3.05) is 33.9 Å². The number of carbonyl (C=O) groups is 1. The number of allylic oxidation sites excluding steroid dienone is 1. The second-order valence-corrected chi connectivity index (χ2v) is 10.9. The average Bonchev–Trinajstić information content (AvgIpc) is 3.10. The van der Waals surface area contributed by atoms with Crippen molar-refractivity contribution in [3.05, 3.63) is 69.2 Å². The van der Waals surface area contributed by atoms with E-state index in [1.165, 1.54) is 26.0 Å². The minimum absolute atomic E-state index is 0.121. The zero-order valence-corrected chi connectivity index (χ0v) is 21.8.